The van der Waals surface area contributed by atoms with Crippen molar-refractivity contribution in [3.8, 4) is 11.1 Å². The van der Waals surface area contributed by atoms with E-state index in [2.05, 4.69) is 76.5 Å². The maximum Gasteiger partial charge on any atom is 0.0233 e. The van der Waals surface area contributed by atoms with Crippen LogP contribution in [0.25, 0.3) is 11.1 Å². The number of nitrogens with zero attached hydrogens (tertiary/aromatic N) is 1. The highest BCUT2D eigenvalue weighted by atomic mass is 31.0. The largest absolute Gasteiger partial charge is 0.300 e. The van der Waals surface area contributed by atoms with Gasteiger partial charge in [-0.25, -0.2) is 0 Å². The van der Waals surface area contributed by atoms with Gasteiger partial charge in [0, 0.05) is 6.54 Å². The minimum Gasteiger partial charge on any atom is -0.300 e. The molecule has 0 aliphatic heterocycles. The smallest absolute Gasteiger partial charge is 0.0233 e. The lowest BCUT2D eigenvalue weighted by atomic mass is 10.0. The SMILES string of the molecule is CCN(CC)Cc1ccc(-c2ccccc2P)cc1. The van der Waals surface area contributed by atoms with E-state index in [4.69, 9.17) is 0 Å². The van der Waals surface area contributed by atoms with Crippen LogP contribution in [0.15, 0.2) is 48.5 Å². The Bertz CT molecular complexity index is 515. The molecule has 1 unspecified atom stereocenters. The number of benzene rings is 2. The van der Waals surface area contributed by atoms with E-state index in [1.54, 1.807) is 0 Å². The molecule has 2 heteroatoms. The summed E-state index contributed by atoms with van der Waals surface area (Å²) in [5, 5.41) is 1.25. The van der Waals surface area contributed by atoms with Crippen LogP contribution in [0.2, 0.25) is 0 Å². The number of hydrogen-bond donors (Lipinski definition) is 0. The van der Waals surface area contributed by atoms with Crippen molar-refractivity contribution >= 4 is 14.5 Å². The fourth-order valence-electron chi connectivity index (χ4n) is 2.26. The zero-order valence-electron chi connectivity index (χ0n) is 11.8. The molecule has 2 aromatic rings. The Morgan fingerprint density at radius 3 is 2.11 bits per heavy atom. The van der Waals surface area contributed by atoms with Crippen LogP contribution in [0.1, 0.15) is 19.4 Å². The number of hydrogen-bond acceptors (Lipinski definition) is 1. The lowest BCUT2D eigenvalue weighted by Gasteiger charge is -2.18. The van der Waals surface area contributed by atoms with Crippen LogP contribution in [0.5, 0.6) is 0 Å². The fraction of sp³-hybridized carbons (Fsp3) is 0.294. The van der Waals surface area contributed by atoms with Gasteiger partial charge in [0.1, 0.15) is 0 Å². The average Bonchev–Trinajstić information content (AvgIpc) is 2.46. The van der Waals surface area contributed by atoms with Crippen molar-refractivity contribution in [3.63, 3.8) is 0 Å². The molecule has 0 amide bonds. The molecule has 0 saturated heterocycles. The molecule has 100 valence electrons. The van der Waals surface area contributed by atoms with Crippen molar-refractivity contribution < 1.29 is 0 Å². The summed E-state index contributed by atoms with van der Waals surface area (Å²) in [4.78, 5) is 2.43. The maximum absolute atomic E-state index is 2.81. The van der Waals surface area contributed by atoms with Crippen LogP contribution < -0.4 is 5.30 Å². The molecule has 1 atom stereocenters. The summed E-state index contributed by atoms with van der Waals surface area (Å²) < 4.78 is 0. The van der Waals surface area contributed by atoms with E-state index >= 15 is 0 Å². The summed E-state index contributed by atoms with van der Waals surface area (Å²) in [7, 11) is 2.81. The Labute approximate surface area is 118 Å². The van der Waals surface area contributed by atoms with Crippen molar-refractivity contribution in [1.29, 1.82) is 0 Å². The molecule has 2 aromatic carbocycles. The third kappa shape index (κ3) is 3.65. The molecule has 0 aromatic heterocycles. The quantitative estimate of drug-likeness (QED) is 0.750. The Morgan fingerprint density at radius 1 is 0.895 bits per heavy atom. The highest BCUT2D eigenvalue weighted by Gasteiger charge is 2.03. The molecule has 0 aliphatic rings. The topological polar surface area (TPSA) is 3.24 Å². The summed E-state index contributed by atoms with van der Waals surface area (Å²) in [6.45, 7) is 7.67. The first-order valence-corrected chi connectivity index (χ1v) is 7.48. The molecule has 0 spiro atoms. The minimum absolute atomic E-state index is 1.04. The van der Waals surface area contributed by atoms with Gasteiger partial charge in [-0.05, 0) is 35.1 Å². The van der Waals surface area contributed by atoms with Crippen molar-refractivity contribution in [2.45, 2.75) is 20.4 Å². The van der Waals surface area contributed by atoms with E-state index in [9.17, 15) is 0 Å². The highest BCUT2D eigenvalue weighted by molar-refractivity contribution is 7.28. The van der Waals surface area contributed by atoms with E-state index in [1.807, 2.05) is 0 Å². The molecule has 0 fully saturated rings. The normalized spacial score (nSPS) is 10.9. The van der Waals surface area contributed by atoms with Gasteiger partial charge in [-0.1, -0.05) is 62.4 Å². The van der Waals surface area contributed by atoms with E-state index < -0.39 is 0 Å². The second-order valence-corrected chi connectivity index (χ2v) is 5.37. The first-order valence-electron chi connectivity index (χ1n) is 6.90. The van der Waals surface area contributed by atoms with Gasteiger partial charge in [0.05, 0.1) is 0 Å². The number of rotatable bonds is 5. The predicted octanol–water partition coefficient (Wildman–Crippen LogP) is 3.70. The minimum atomic E-state index is 1.04. The molecule has 19 heavy (non-hydrogen) atoms. The van der Waals surface area contributed by atoms with Crippen LogP contribution in [-0.2, 0) is 6.54 Å². The van der Waals surface area contributed by atoms with Crippen LogP contribution >= 0.6 is 9.24 Å². The predicted molar refractivity (Wildman–Crippen MR) is 87.8 cm³/mol. The molecule has 0 bridgehead atoms. The van der Waals surface area contributed by atoms with Gasteiger partial charge in [-0.2, -0.15) is 0 Å². The molecule has 0 N–H and O–H groups in total. The molecule has 1 nitrogen and oxygen atoms in total. The van der Waals surface area contributed by atoms with Crippen LogP contribution in [0.3, 0.4) is 0 Å². The first-order chi connectivity index (χ1) is 9.24. The maximum atomic E-state index is 2.81. The van der Waals surface area contributed by atoms with Crippen LogP contribution in [0, 0.1) is 0 Å². The Balaban J connectivity index is 2.17. The van der Waals surface area contributed by atoms with Crippen LogP contribution in [0.4, 0.5) is 0 Å². The molecule has 0 heterocycles. The van der Waals surface area contributed by atoms with Crippen molar-refractivity contribution in [3.05, 3.63) is 54.1 Å². The average molecular weight is 271 g/mol. The molecular weight excluding hydrogens is 249 g/mol. The lowest BCUT2D eigenvalue weighted by molar-refractivity contribution is 0.296. The Kier molecular flexibility index (Phi) is 5.13. The Morgan fingerprint density at radius 2 is 1.53 bits per heavy atom. The third-order valence-electron chi connectivity index (χ3n) is 3.53. The van der Waals surface area contributed by atoms with E-state index in [1.165, 1.54) is 22.0 Å². The molecule has 2 rings (SSSR count). The van der Waals surface area contributed by atoms with Gasteiger partial charge < -0.3 is 0 Å². The van der Waals surface area contributed by atoms with E-state index in [-0.39, 0.29) is 0 Å². The van der Waals surface area contributed by atoms with Crippen molar-refractivity contribution in [2.24, 2.45) is 0 Å². The van der Waals surface area contributed by atoms with Gasteiger partial charge in [0.2, 0.25) is 0 Å². The highest BCUT2D eigenvalue weighted by Crippen LogP contribution is 2.20. The first kappa shape index (κ1) is 14.2. The zero-order valence-corrected chi connectivity index (χ0v) is 12.9. The third-order valence-corrected chi connectivity index (χ3v) is 4.03. The monoisotopic (exact) mass is 271 g/mol. The second kappa shape index (κ2) is 6.84. The summed E-state index contributed by atoms with van der Waals surface area (Å²) in [6.07, 6.45) is 0. The van der Waals surface area contributed by atoms with Gasteiger partial charge in [0.15, 0.2) is 0 Å². The second-order valence-electron chi connectivity index (χ2n) is 4.75. The van der Waals surface area contributed by atoms with Gasteiger partial charge >= 0.3 is 0 Å². The van der Waals surface area contributed by atoms with Gasteiger partial charge in [-0.15, -0.1) is 9.24 Å². The zero-order chi connectivity index (χ0) is 13.7. The van der Waals surface area contributed by atoms with Gasteiger partial charge in [0.25, 0.3) is 0 Å². The lowest BCUT2D eigenvalue weighted by Crippen LogP contribution is -2.21. The molecule has 0 radical (unpaired) electrons. The Hall–Kier alpha value is -1.17. The molecule has 0 saturated carbocycles. The van der Waals surface area contributed by atoms with Crippen LogP contribution in [-0.4, -0.2) is 18.0 Å². The summed E-state index contributed by atoms with van der Waals surface area (Å²) >= 11 is 0. The van der Waals surface area contributed by atoms with E-state index in [0.29, 0.717) is 0 Å². The summed E-state index contributed by atoms with van der Waals surface area (Å²) in [5.41, 5.74) is 3.96. The van der Waals surface area contributed by atoms with Gasteiger partial charge in [-0.3, -0.25) is 4.90 Å². The van der Waals surface area contributed by atoms with E-state index in [0.717, 1.165) is 19.6 Å². The molecule has 0 aliphatic carbocycles. The van der Waals surface area contributed by atoms with Crippen molar-refractivity contribution in [2.75, 3.05) is 13.1 Å². The summed E-state index contributed by atoms with van der Waals surface area (Å²) in [6, 6.07) is 17.4. The standard InChI is InChI=1S/C17H22NP/c1-3-18(4-2)13-14-9-11-15(12-10-14)16-7-5-6-8-17(16)19/h5-12H,3-4,13,19H2,1-2H3. The summed E-state index contributed by atoms with van der Waals surface area (Å²) in [5.74, 6) is 0. The fourth-order valence-corrected chi connectivity index (χ4v) is 2.63. The van der Waals surface area contributed by atoms with Crippen molar-refractivity contribution in [1.82, 2.24) is 4.90 Å². The molecular formula is C17H22NP.